The van der Waals surface area contributed by atoms with E-state index in [2.05, 4.69) is 5.32 Å². The molecule has 0 radical (unpaired) electrons. The Balaban J connectivity index is 2.24. The van der Waals surface area contributed by atoms with Crippen molar-refractivity contribution in [2.45, 2.75) is 6.92 Å². The molecule has 24 heavy (non-hydrogen) atoms. The highest BCUT2D eigenvalue weighted by Gasteiger charge is 2.15. The molecule has 0 spiro atoms. The summed E-state index contributed by atoms with van der Waals surface area (Å²) >= 11 is 0. The van der Waals surface area contributed by atoms with Crippen LogP contribution < -0.4 is 5.32 Å². The van der Waals surface area contributed by atoms with E-state index in [9.17, 15) is 19.7 Å². The fourth-order valence-electron chi connectivity index (χ4n) is 2.14. The zero-order valence-electron chi connectivity index (χ0n) is 13.6. The second-order valence-electron chi connectivity index (χ2n) is 5.49. The number of rotatable bonds is 4. The van der Waals surface area contributed by atoms with Gasteiger partial charge in [0.1, 0.15) is 0 Å². The summed E-state index contributed by atoms with van der Waals surface area (Å²) in [5, 5.41) is 13.6. The molecule has 2 aromatic rings. The third-order valence-electron chi connectivity index (χ3n) is 3.44. The van der Waals surface area contributed by atoms with Crippen molar-refractivity contribution in [1.29, 1.82) is 0 Å². The molecule has 2 amide bonds. The summed E-state index contributed by atoms with van der Waals surface area (Å²) in [5.41, 5.74) is 1.43. The molecule has 0 aliphatic rings. The number of amides is 2. The maximum atomic E-state index is 12.3. The van der Waals surface area contributed by atoms with E-state index >= 15 is 0 Å². The number of nitro benzene ring substituents is 1. The second kappa shape index (κ2) is 6.91. The number of nitrogens with one attached hydrogen (secondary N) is 1. The first-order valence-electron chi connectivity index (χ1n) is 7.17. The quantitative estimate of drug-likeness (QED) is 0.690. The highest BCUT2D eigenvalue weighted by molar-refractivity contribution is 6.05. The van der Waals surface area contributed by atoms with Gasteiger partial charge >= 0.3 is 0 Å². The van der Waals surface area contributed by atoms with Crippen molar-refractivity contribution in [3.63, 3.8) is 0 Å². The van der Waals surface area contributed by atoms with Crippen LogP contribution in [0.5, 0.6) is 0 Å². The molecule has 0 aliphatic heterocycles. The minimum atomic E-state index is -0.525. The van der Waals surface area contributed by atoms with Gasteiger partial charge in [0.25, 0.3) is 17.5 Å². The third kappa shape index (κ3) is 3.75. The van der Waals surface area contributed by atoms with Gasteiger partial charge in [-0.15, -0.1) is 0 Å². The molecule has 0 aliphatic carbocycles. The van der Waals surface area contributed by atoms with E-state index in [1.165, 1.54) is 23.1 Å². The molecule has 0 saturated carbocycles. The summed E-state index contributed by atoms with van der Waals surface area (Å²) in [5.74, 6) is -0.662. The average Bonchev–Trinajstić information content (AvgIpc) is 2.54. The van der Waals surface area contributed by atoms with Gasteiger partial charge in [-0.05, 0) is 31.2 Å². The van der Waals surface area contributed by atoms with E-state index < -0.39 is 10.8 Å². The Labute approximate surface area is 139 Å². The van der Waals surface area contributed by atoms with Crippen LogP contribution in [0.25, 0.3) is 0 Å². The van der Waals surface area contributed by atoms with E-state index in [0.29, 0.717) is 16.8 Å². The Morgan fingerprint density at radius 2 is 1.79 bits per heavy atom. The number of hydrogen-bond donors (Lipinski definition) is 1. The Hall–Kier alpha value is -3.22. The first kappa shape index (κ1) is 17.1. The molecular formula is C17H17N3O4. The molecule has 0 saturated heterocycles. The van der Waals surface area contributed by atoms with E-state index in [4.69, 9.17) is 0 Å². The predicted molar refractivity (Wildman–Crippen MR) is 90.2 cm³/mol. The van der Waals surface area contributed by atoms with Crippen LogP contribution in [0, 0.1) is 17.0 Å². The number of anilines is 1. The lowest BCUT2D eigenvalue weighted by atomic mass is 10.1. The fraction of sp³-hybridized carbons (Fsp3) is 0.176. The van der Waals surface area contributed by atoms with Gasteiger partial charge in [0.05, 0.1) is 4.92 Å². The highest BCUT2D eigenvalue weighted by atomic mass is 16.6. The largest absolute Gasteiger partial charge is 0.345 e. The summed E-state index contributed by atoms with van der Waals surface area (Å²) in [4.78, 5) is 36.1. The van der Waals surface area contributed by atoms with Crippen molar-refractivity contribution in [1.82, 2.24) is 4.90 Å². The lowest BCUT2D eigenvalue weighted by Crippen LogP contribution is -2.22. The number of nitrogens with zero attached hydrogens (tertiary/aromatic N) is 2. The van der Waals surface area contributed by atoms with Crippen molar-refractivity contribution in [3.8, 4) is 0 Å². The zero-order valence-corrected chi connectivity index (χ0v) is 13.6. The first-order valence-corrected chi connectivity index (χ1v) is 7.17. The van der Waals surface area contributed by atoms with Gasteiger partial charge in [0.2, 0.25) is 0 Å². The van der Waals surface area contributed by atoms with Crippen LogP contribution in [0.4, 0.5) is 11.4 Å². The molecule has 0 unspecified atom stereocenters. The van der Waals surface area contributed by atoms with Crippen molar-refractivity contribution in [3.05, 3.63) is 69.3 Å². The van der Waals surface area contributed by atoms with Crippen molar-refractivity contribution >= 4 is 23.2 Å². The Morgan fingerprint density at radius 3 is 2.42 bits per heavy atom. The van der Waals surface area contributed by atoms with Crippen LogP contribution in [0.15, 0.2) is 42.5 Å². The van der Waals surface area contributed by atoms with Crippen LogP contribution in [-0.4, -0.2) is 35.7 Å². The SMILES string of the molecule is Cc1ccc(C(=O)Nc2cccc(C(=O)N(C)C)c2)cc1[N+](=O)[O-]. The van der Waals surface area contributed by atoms with E-state index in [0.717, 1.165) is 0 Å². The minimum absolute atomic E-state index is 0.112. The van der Waals surface area contributed by atoms with E-state index in [1.807, 2.05) is 0 Å². The maximum Gasteiger partial charge on any atom is 0.273 e. The number of aryl methyl sites for hydroxylation is 1. The Kier molecular flexibility index (Phi) is 4.93. The van der Waals surface area contributed by atoms with Gasteiger partial charge in [-0.25, -0.2) is 0 Å². The Bertz CT molecular complexity index is 815. The lowest BCUT2D eigenvalue weighted by molar-refractivity contribution is -0.385. The molecule has 0 heterocycles. The number of benzene rings is 2. The van der Waals surface area contributed by atoms with Crippen LogP contribution >= 0.6 is 0 Å². The highest BCUT2D eigenvalue weighted by Crippen LogP contribution is 2.20. The molecular weight excluding hydrogens is 310 g/mol. The molecule has 1 N–H and O–H groups in total. The predicted octanol–water partition coefficient (Wildman–Crippen LogP) is 2.86. The van der Waals surface area contributed by atoms with Gasteiger partial charge in [-0.3, -0.25) is 19.7 Å². The van der Waals surface area contributed by atoms with E-state index in [-0.39, 0.29) is 17.2 Å². The number of hydrogen-bond acceptors (Lipinski definition) is 4. The van der Waals surface area contributed by atoms with Crippen LogP contribution in [-0.2, 0) is 0 Å². The smallest absolute Gasteiger partial charge is 0.273 e. The lowest BCUT2D eigenvalue weighted by Gasteiger charge is -2.12. The first-order chi connectivity index (χ1) is 11.3. The second-order valence-corrected chi connectivity index (χ2v) is 5.49. The topological polar surface area (TPSA) is 92.6 Å². The average molecular weight is 327 g/mol. The number of nitro groups is 1. The summed E-state index contributed by atoms with van der Waals surface area (Å²) in [6, 6.07) is 10.8. The van der Waals surface area contributed by atoms with Crippen LogP contribution in [0.2, 0.25) is 0 Å². The molecule has 124 valence electrons. The normalized spacial score (nSPS) is 10.1. The molecule has 0 atom stereocenters. The minimum Gasteiger partial charge on any atom is -0.345 e. The summed E-state index contributed by atoms with van der Waals surface area (Å²) in [6.45, 7) is 1.61. The fourth-order valence-corrected chi connectivity index (χ4v) is 2.14. The number of carbonyl (C=O) groups is 2. The molecule has 2 aromatic carbocycles. The zero-order chi connectivity index (χ0) is 17.9. The summed E-state index contributed by atoms with van der Waals surface area (Å²) < 4.78 is 0. The van der Waals surface area contributed by atoms with Gasteiger partial charge in [0, 0.05) is 42.5 Å². The molecule has 0 fully saturated rings. The summed E-state index contributed by atoms with van der Waals surface area (Å²) in [6.07, 6.45) is 0. The van der Waals surface area contributed by atoms with Gasteiger partial charge in [0.15, 0.2) is 0 Å². The van der Waals surface area contributed by atoms with Gasteiger partial charge in [-0.2, -0.15) is 0 Å². The van der Waals surface area contributed by atoms with Crippen molar-refractivity contribution in [2.75, 3.05) is 19.4 Å². The third-order valence-corrected chi connectivity index (χ3v) is 3.44. The molecule has 2 rings (SSSR count). The van der Waals surface area contributed by atoms with Crippen molar-refractivity contribution < 1.29 is 14.5 Å². The molecule has 7 nitrogen and oxygen atoms in total. The molecule has 0 bridgehead atoms. The van der Waals surface area contributed by atoms with Gasteiger partial charge < -0.3 is 10.2 Å². The molecule has 7 heteroatoms. The molecule has 0 aromatic heterocycles. The summed E-state index contributed by atoms with van der Waals surface area (Å²) in [7, 11) is 3.28. The van der Waals surface area contributed by atoms with Crippen LogP contribution in [0.3, 0.4) is 0 Å². The van der Waals surface area contributed by atoms with Crippen molar-refractivity contribution in [2.24, 2.45) is 0 Å². The van der Waals surface area contributed by atoms with Gasteiger partial charge in [-0.1, -0.05) is 12.1 Å². The maximum absolute atomic E-state index is 12.3. The standard InChI is InChI=1S/C17H17N3O4/c1-11-7-8-12(10-15(11)20(23)24)16(21)18-14-6-4-5-13(9-14)17(22)19(2)3/h4-10H,1-3H3,(H,18,21). The van der Waals surface area contributed by atoms with E-state index in [1.54, 1.807) is 45.3 Å². The number of carbonyl (C=O) groups excluding carboxylic acids is 2. The van der Waals surface area contributed by atoms with Crippen LogP contribution in [0.1, 0.15) is 26.3 Å². The monoisotopic (exact) mass is 327 g/mol. The Morgan fingerprint density at radius 1 is 1.08 bits per heavy atom.